The summed E-state index contributed by atoms with van der Waals surface area (Å²) in [5, 5.41) is 4.71. The van der Waals surface area contributed by atoms with E-state index in [-0.39, 0.29) is 5.91 Å². The van der Waals surface area contributed by atoms with Gasteiger partial charge in [0.2, 0.25) is 5.91 Å². The molecular weight excluding hydrogens is 384 g/mol. The van der Waals surface area contributed by atoms with Crippen LogP contribution in [0.5, 0.6) is 11.5 Å². The zero-order chi connectivity index (χ0) is 19.5. The van der Waals surface area contributed by atoms with Crippen LogP contribution in [0.15, 0.2) is 47.6 Å². The standard InChI is InChI=1S/C20H23ClN2O3S/c1-3-25-18-10-9-15(11-19(18)26-4-2)12-22-23-20(24)14-27-13-16-7-5-6-8-17(16)21/h5-12H,3-4,13-14H2,1-2H3,(H,23,24). The molecule has 0 spiro atoms. The van der Waals surface area contributed by atoms with Crippen LogP contribution in [0.3, 0.4) is 0 Å². The summed E-state index contributed by atoms with van der Waals surface area (Å²) >= 11 is 7.58. The highest BCUT2D eigenvalue weighted by Crippen LogP contribution is 2.28. The van der Waals surface area contributed by atoms with Gasteiger partial charge in [0.25, 0.3) is 0 Å². The molecule has 2 aromatic carbocycles. The van der Waals surface area contributed by atoms with Gasteiger partial charge in [0, 0.05) is 10.8 Å². The van der Waals surface area contributed by atoms with E-state index >= 15 is 0 Å². The predicted molar refractivity (Wildman–Crippen MR) is 112 cm³/mol. The van der Waals surface area contributed by atoms with Gasteiger partial charge in [-0.15, -0.1) is 11.8 Å². The fourth-order valence-electron chi connectivity index (χ4n) is 2.23. The van der Waals surface area contributed by atoms with Crippen LogP contribution in [-0.4, -0.2) is 31.1 Å². The summed E-state index contributed by atoms with van der Waals surface area (Å²) in [4.78, 5) is 11.9. The van der Waals surface area contributed by atoms with Crippen LogP contribution < -0.4 is 14.9 Å². The van der Waals surface area contributed by atoms with Crippen molar-refractivity contribution in [3.63, 3.8) is 0 Å². The molecule has 2 aromatic rings. The Morgan fingerprint density at radius 3 is 2.63 bits per heavy atom. The number of benzene rings is 2. The van der Waals surface area contributed by atoms with E-state index in [9.17, 15) is 4.79 Å². The monoisotopic (exact) mass is 406 g/mol. The number of nitrogens with zero attached hydrogens (tertiary/aromatic N) is 1. The van der Waals surface area contributed by atoms with E-state index in [0.717, 1.165) is 11.1 Å². The molecule has 0 aliphatic rings. The van der Waals surface area contributed by atoms with Gasteiger partial charge in [0.1, 0.15) is 0 Å². The number of hydrogen-bond donors (Lipinski definition) is 1. The Hall–Kier alpha value is -2.18. The molecule has 0 bridgehead atoms. The SMILES string of the molecule is CCOc1ccc(C=NNC(=O)CSCc2ccccc2Cl)cc1OCC. The molecule has 144 valence electrons. The predicted octanol–water partition coefficient (Wildman–Crippen LogP) is 4.52. The van der Waals surface area contributed by atoms with Crippen molar-refractivity contribution in [3.8, 4) is 11.5 Å². The van der Waals surface area contributed by atoms with Crippen molar-refractivity contribution in [1.82, 2.24) is 5.43 Å². The summed E-state index contributed by atoms with van der Waals surface area (Å²) in [6.07, 6.45) is 1.58. The first-order valence-electron chi connectivity index (χ1n) is 8.66. The summed E-state index contributed by atoms with van der Waals surface area (Å²) in [6, 6.07) is 13.1. The maximum Gasteiger partial charge on any atom is 0.250 e. The molecule has 0 heterocycles. The van der Waals surface area contributed by atoms with Crippen LogP contribution in [0.25, 0.3) is 0 Å². The molecule has 2 rings (SSSR count). The van der Waals surface area contributed by atoms with Crippen molar-refractivity contribution in [2.45, 2.75) is 19.6 Å². The minimum atomic E-state index is -0.167. The van der Waals surface area contributed by atoms with Crippen LogP contribution in [0.2, 0.25) is 5.02 Å². The van der Waals surface area contributed by atoms with Gasteiger partial charge in [0.15, 0.2) is 11.5 Å². The number of hydrazone groups is 1. The second-order valence-corrected chi connectivity index (χ2v) is 6.84. The third kappa shape index (κ3) is 7.15. The number of nitrogens with one attached hydrogen (secondary N) is 1. The molecule has 0 aliphatic heterocycles. The van der Waals surface area contributed by atoms with E-state index in [2.05, 4.69) is 10.5 Å². The molecule has 5 nitrogen and oxygen atoms in total. The van der Waals surface area contributed by atoms with Crippen LogP contribution in [-0.2, 0) is 10.5 Å². The van der Waals surface area contributed by atoms with Gasteiger partial charge in [-0.25, -0.2) is 5.43 Å². The highest BCUT2D eigenvalue weighted by molar-refractivity contribution is 7.99. The van der Waals surface area contributed by atoms with Crippen molar-refractivity contribution >= 4 is 35.5 Å². The Morgan fingerprint density at radius 2 is 1.89 bits per heavy atom. The highest BCUT2D eigenvalue weighted by Gasteiger charge is 2.06. The first-order chi connectivity index (χ1) is 13.1. The van der Waals surface area contributed by atoms with Crippen LogP contribution >= 0.6 is 23.4 Å². The third-order valence-electron chi connectivity index (χ3n) is 3.42. The fourth-order valence-corrected chi connectivity index (χ4v) is 3.33. The number of rotatable bonds is 10. The Balaban J connectivity index is 1.82. The maximum absolute atomic E-state index is 11.9. The lowest BCUT2D eigenvalue weighted by atomic mass is 10.2. The van der Waals surface area contributed by atoms with Crippen molar-refractivity contribution < 1.29 is 14.3 Å². The van der Waals surface area contributed by atoms with E-state index < -0.39 is 0 Å². The molecule has 0 saturated carbocycles. The van der Waals surface area contributed by atoms with Crippen LogP contribution in [0, 0.1) is 0 Å². The van der Waals surface area contributed by atoms with Gasteiger partial charge >= 0.3 is 0 Å². The molecule has 0 aliphatic carbocycles. The van der Waals surface area contributed by atoms with E-state index in [0.29, 0.717) is 41.2 Å². The molecule has 0 atom stereocenters. The average Bonchev–Trinajstić information content (AvgIpc) is 2.66. The van der Waals surface area contributed by atoms with Crippen molar-refractivity contribution in [2.24, 2.45) is 5.10 Å². The molecule has 0 aromatic heterocycles. The molecule has 0 saturated heterocycles. The highest BCUT2D eigenvalue weighted by atomic mass is 35.5. The molecule has 1 N–H and O–H groups in total. The number of halogens is 1. The summed E-state index contributed by atoms with van der Waals surface area (Å²) in [7, 11) is 0. The zero-order valence-electron chi connectivity index (χ0n) is 15.4. The number of thioether (sulfide) groups is 1. The quantitative estimate of drug-likeness (QED) is 0.465. The van der Waals surface area contributed by atoms with Crippen LogP contribution in [0.1, 0.15) is 25.0 Å². The number of carbonyl (C=O) groups excluding carboxylic acids is 1. The number of ether oxygens (including phenoxy) is 2. The lowest BCUT2D eigenvalue weighted by Crippen LogP contribution is -2.19. The van der Waals surface area contributed by atoms with Gasteiger partial charge in [-0.2, -0.15) is 5.10 Å². The maximum atomic E-state index is 11.9. The third-order valence-corrected chi connectivity index (χ3v) is 4.77. The van der Waals surface area contributed by atoms with Gasteiger partial charge in [0.05, 0.1) is 25.2 Å². The van der Waals surface area contributed by atoms with E-state index in [1.54, 1.807) is 6.21 Å². The second-order valence-electron chi connectivity index (χ2n) is 5.45. The van der Waals surface area contributed by atoms with Crippen molar-refractivity contribution in [1.29, 1.82) is 0 Å². The average molecular weight is 407 g/mol. The largest absolute Gasteiger partial charge is 0.490 e. The summed E-state index contributed by atoms with van der Waals surface area (Å²) in [6.45, 7) is 4.94. The first kappa shape index (κ1) is 21.1. The summed E-state index contributed by atoms with van der Waals surface area (Å²) in [5.74, 6) is 2.16. The van der Waals surface area contributed by atoms with Crippen molar-refractivity contribution in [3.05, 3.63) is 58.6 Å². The molecule has 7 heteroatoms. The molecule has 0 fully saturated rings. The van der Waals surface area contributed by atoms with E-state index in [1.165, 1.54) is 11.8 Å². The molecule has 1 amide bonds. The lowest BCUT2D eigenvalue weighted by molar-refractivity contribution is -0.118. The summed E-state index contributed by atoms with van der Waals surface area (Å²) in [5.41, 5.74) is 4.35. The number of hydrogen-bond acceptors (Lipinski definition) is 5. The minimum absolute atomic E-state index is 0.167. The molecular formula is C20H23ClN2O3S. The minimum Gasteiger partial charge on any atom is -0.490 e. The van der Waals surface area contributed by atoms with Gasteiger partial charge in [-0.05, 0) is 49.2 Å². The lowest BCUT2D eigenvalue weighted by Gasteiger charge is -2.11. The van der Waals surface area contributed by atoms with Crippen molar-refractivity contribution in [2.75, 3.05) is 19.0 Å². The smallest absolute Gasteiger partial charge is 0.250 e. The number of amides is 1. The Morgan fingerprint density at radius 1 is 1.15 bits per heavy atom. The molecule has 0 unspecified atom stereocenters. The number of carbonyl (C=O) groups is 1. The molecule has 0 radical (unpaired) electrons. The van der Waals surface area contributed by atoms with E-state index in [1.807, 2.05) is 56.3 Å². The fraction of sp³-hybridized carbons (Fsp3) is 0.300. The van der Waals surface area contributed by atoms with Crippen LogP contribution in [0.4, 0.5) is 0 Å². The van der Waals surface area contributed by atoms with Gasteiger partial charge < -0.3 is 9.47 Å². The molecule has 27 heavy (non-hydrogen) atoms. The van der Waals surface area contributed by atoms with Gasteiger partial charge in [-0.3, -0.25) is 4.79 Å². The summed E-state index contributed by atoms with van der Waals surface area (Å²) < 4.78 is 11.1. The Bertz CT molecular complexity index is 784. The topological polar surface area (TPSA) is 59.9 Å². The normalized spacial score (nSPS) is 10.8. The van der Waals surface area contributed by atoms with Gasteiger partial charge in [-0.1, -0.05) is 29.8 Å². The zero-order valence-corrected chi connectivity index (χ0v) is 17.0. The second kappa shape index (κ2) is 11.5. The Kier molecular flexibility index (Phi) is 9.01. The van der Waals surface area contributed by atoms with E-state index in [4.69, 9.17) is 21.1 Å². The Labute approximate surface area is 169 Å². The first-order valence-corrected chi connectivity index (χ1v) is 10.2.